The van der Waals surface area contributed by atoms with Gasteiger partial charge in [-0.1, -0.05) is 25.1 Å². The molecule has 0 bridgehead atoms. The lowest BCUT2D eigenvalue weighted by Crippen LogP contribution is -2.23. The van der Waals surface area contributed by atoms with Gasteiger partial charge in [0.05, 0.1) is 4.90 Å². The van der Waals surface area contributed by atoms with Crippen LogP contribution in [0.25, 0.3) is 0 Å². The van der Waals surface area contributed by atoms with Crippen molar-refractivity contribution in [3.63, 3.8) is 0 Å². The number of hydrogen-bond donors (Lipinski definition) is 2. The van der Waals surface area contributed by atoms with E-state index in [1.165, 1.54) is 35.9 Å². The van der Waals surface area contributed by atoms with Crippen molar-refractivity contribution in [1.82, 2.24) is 4.72 Å². The minimum atomic E-state index is -3.58. The van der Waals surface area contributed by atoms with E-state index in [0.717, 1.165) is 6.42 Å². The summed E-state index contributed by atoms with van der Waals surface area (Å²) >= 11 is 0. The summed E-state index contributed by atoms with van der Waals surface area (Å²) in [5.74, 6) is -0.290. The van der Waals surface area contributed by atoms with E-state index in [4.69, 9.17) is 0 Å². The van der Waals surface area contributed by atoms with E-state index in [0.29, 0.717) is 11.3 Å². The molecule has 2 rings (SSSR count). The molecular weight excluding hydrogens is 324 g/mol. The summed E-state index contributed by atoms with van der Waals surface area (Å²) in [6.07, 6.45) is 2.40. The lowest BCUT2D eigenvalue weighted by Gasteiger charge is -2.08. The second kappa shape index (κ2) is 7.90. The lowest BCUT2D eigenvalue weighted by atomic mass is 10.1. The molecule has 0 radical (unpaired) electrons. The maximum Gasteiger partial charge on any atom is 0.255 e. The molecular formula is C18H20N2O3S. The maximum atomic E-state index is 12.2. The van der Waals surface area contributed by atoms with Gasteiger partial charge in [0.1, 0.15) is 0 Å². The highest BCUT2D eigenvalue weighted by atomic mass is 32.2. The van der Waals surface area contributed by atoms with Crippen molar-refractivity contribution in [2.45, 2.75) is 18.2 Å². The molecule has 0 aliphatic carbocycles. The van der Waals surface area contributed by atoms with E-state index in [2.05, 4.69) is 23.5 Å². The van der Waals surface area contributed by atoms with Gasteiger partial charge in [-0.25, -0.2) is 13.1 Å². The molecule has 0 aliphatic heterocycles. The number of sulfonamides is 1. The molecule has 1 amide bonds. The molecule has 2 N–H and O–H groups in total. The van der Waals surface area contributed by atoms with Gasteiger partial charge in [-0.15, -0.1) is 6.58 Å². The third-order valence-corrected chi connectivity index (χ3v) is 4.90. The van der Waals surface area contributed by atoms with Gasteiger partial charge in [0.25, 0.3) is 5.91 Å². The predicted molar refractivity (Wildman–Crippen MR) is 95.6 cm³/mol. The molecule has 0 aliphatic rings. The number of aryl methyl sites for hydroxylation is 1. The van der Waals surface area contributed by atoms with Gasteiger partial charge in [-0.3, -0.25) is 4.79 Å². The Labute approximate surface area is 142 Å². The fourth-order valence-electron chi connectivity index (χ4n) is 2.06. The first-order valence-corrected chi connectivity index (χ1v) is 9.05. The molecule has 5 nitrogen and oxygen atoms in total. The average molecular weight is 344 g/mol. The van der Waals surface area contributed by atoms with Crippen LogP contribution in [0.3, 0.4) is 0 Å². The van der Waals surface area contributed by atoms with Gasteiger partial charge in [-0.05, 0) is 48.4 Å². The molecule has 0 atom stereocenters. The van der Waals surface area contributed by atoms with Crippen LogP contribution in [0.2, 0.25) is 0 Å². The Hall–Kier alpha value is -2.44. The van der Waals surface area contributed by atoms with Crippen LogP contribution in [0.15, 0.2) is 66.1 Å². The number of carbonyl (C=O) groups excluding carboxylic acids is 1. The highest BCUT2D eigenvalue weighted by Crippen LogP contribution is 2.14. The minimum absolute atomic E-state index is 0.105. The van der Waals surface area contributed by atoms with Crippen LogP contribution >= 0.6 is 0 Å². The van der Waals surface area contributed by atoms with Crippen molar-refractivity contribution in [1.29, 1.82) is 0 Å². The van der Waals surface area contributed by atoms with E-state index >= 15 is 0 Å². The largest absolute Gasteiger partial charge is 0.322 e. The molecule has 0 aromatic heterocycles. The number of amides is 1. The highest BCUT2D eigenvalue weighted by molar-refractivity contribution is 7.89. The number of rotatable bonds is 7. The molecule has 2 aromatic rings. The van der Waals surface area contributed by atoms with E-state index in [1.54, 1.807) is 0 Å². The second-order valence-corrected chi connectivity index (χ2v) is 6.94. The SMILES string of the molecule is C=CCNS(=O)(=O)c1ccc(C(=O)Nc2ccc(CC)cc2)cc1. The van der Waals surface area contributed by atoms with Crippen LogP contribution in [0.5, 0.6) is 0 Å². The number of nitrogens with one attached hydrogen (secondary N) is 2. The summed E-state index contributed by atoms with van der Waals surface area (Å²) in [7, 11) is -3.58. The van der Waals surface area contributed by atoms with Gasteiger partial charge in [0.15, 0.2) is 0 Å². The van der Waals surface area contributed by atoms with Gasteiger partial charge < -0.3 is 5.32 Å². The Morgan fingerprint density at radius 1 is 1.08 bits per heavy atom. The molecule has 0 fully saturated rings. The molecule has 0 saturated heterocycles. The molecule has 0 saturated carbocycles. The molecule has 0 spiro atoms. The van der Waals surface area contributed by atoms with Crippen LogP contribution in [-0.4, -0.2) is 20.9 Å². The Morgan fingerprint density at radius 3 is 2.25 bits per heavy atom. The number of benzene rings is 2. The monoisotopic (exact) mass is 344 g/mol. The number of anilines is 1. The first-order chi connectivity index (χ1) is 11.5. The smallest absolute Gasteiger partial charge is 0.255 e. The van der Waals surface area contributed by atoms with Gasteiger partial charge in [-0.2, -0.15) is 0 Å². The molecule has 126 valence electrons. The van der Waals surface area contributed by atoms with Gasteiger partial charge in [0, 0.05) is 17.8 Å². The zero-order valence-corrected chi connectivity index (χ0v) is 14.3. The Balaban J connectivity index is 2.09. The number of carbonyl (C=O) groups is 1. The second-order valence-electron chi connectivity index (χ2n) is 5.17. The summed E-state index contributed by atoms with van der Waals surface area (Å²) in [6, 6.07) is 13.4. The molecule has 2 aromatic carbocycles. The maximum absolute atomic E-state index is 12.2. The van der Waals surface area contributed by atoms with Crippen molar-refractivity contribution >= 4 is 21.6 Å². The quantitative estimate of drug-likeness (QED) is 0.758. The first kappa shape index (κ1) is 17.9. The Bertz CT molecular complexity index is 810. The molecule has 0 heterocycles. The van der Waals surface area contributed by atoms with Crippen LogP contribution < -0.4 is 10.0 Å². The van der Waals surface area contributed by atoms with Crippen molar-refractivity contribution in [2.24, 2.45) is 0 Å². The fraction of sp³-hybridized carbons (Fsp3) is 0.167. The van der Waals surface area contributed by atoms with Crippen LogP contribution in [0.1, 0.15) is 22.8 Å². The third-order valence-electron chi connectivity index (χ3n) is 3.46. The summed E-state index contributed by atoms with van der Waals surface area (Å²) in [6.45, 7) is 5.68. The highest BCUT2D eigenvalue weighted by Gasteiger charge is 2.14. The van der Waals surface area contributed by atoms with Gasteiger partial charge in [0.2, 0.25) is 10.0 Å². The Kier molecular flexibility index (Phi) is 5.89. The molecule has 6 heteroatoms. The summed E-state index contributed by atoms with van der Waals surface area (Å²) in [5, 5.41) is 2.78. The minimum Gasteiger partial charge on any atom is -0.322 e. The topological polar surface area (TPSA) is 75.3 Å². The predicted octanol–water partition coefficient (Wildman–Crippen LogP) is 2.97. The first-order valence-electron chi connectivity index (χ1n) is 7.57. The standard InChI is InChI=1S/C18H20N2O3S/c1-3-13-19-24(22,23)17-11-7-15(8-12-17)18(21)20-16-9-5-14(4-2)6-10-16/h3,5-12,19H,1,4,13H2,2H3,(H,20,21). The van der Waals surface area contributed by atoms with Crippen LogP contribution in [0.4, 0.5) is 5.69 Å². The zero-order valence-electron chi connectivity index (χ0n) is 13.5. The summed E-state index contributed by atoms with van der Waals surface area (Å²) in [5.41, 5.74) is 2.27. The van der Waals surface area contributed by atoms with E-state index < -0.39 is 10.0 Å². The van der Waals surface area contributed by atoms with Crippen molar-refractivity contribution < 1.29 is 13.2 Å². The van der Waals surface area contributed by atoms with Crippen molar-refractivity contribution in [3.05, 3.63) is 72.3 Å². The van der Waals surface area contributed by atoms with Crippen LogP contribution in [-0.2, 0) is 16.4 Å². The lowest BCUT2D eigenvalue weighted by molar-refractivity contribution is 0.102. The summed E-state index contributed by atoms with van der Waals surface area (Å²) in [4.78, 5) is 12.3. The van der Waals surface area contributed by atoms with E-state index in [-0.39, 0.29) is 17.3 Å². The molecule has 24 heavy (non-hydrogen) atoms. The fourth-order valence-corrected chi connectivity index (χ4v) is 3.06. The van der Waals surface area contributed by atoms with Gasteiger partial charge >= 0.3 is 0 Å². The van der Waals surface area contributed by atoms with E-state index in [9.17, 15) is 13.2 Å². The Morgan fingerprint density at radius 2 is 1.71 bits per heavy atom. The summed E-state index contributed by atoms with van der Waals surface area (Å²) < 4.78 is 26.3. The normalized spacial score (nSPS) is 11.0. The van der Waals surface area contributed by atoms with E-state index in [1.807, 2.05) is 24.3 Å². The molecule has 0 unspecified atom stereocenters. The average Bonchev–Trinajstić information content (AvgIpc) is 2.60. The van der Waals surface area contributed by atoms with Crippen molar-refractivity contribution in [2.75, 3.05) is 11.9 Å². The third kappa shape index (κ3) is 4.53. The number of hydrogen-bond acceptors (Lipinski definition) is 3. The zero-order chi connectivity index (χ0) is 17.6. The van der Waals surface area contributed by atoms with Crippen molar-refractivity contribution in [3.8, 4) is 0 Å². The van der Waals surface area contributed by atoms with Crippen LogP contribution in [0, 0.1) is 0 Å².